The third-order valence-electron chi connectivity index (χ3n) is 3.12. The highest BCUT2D eigenvalue weighted by molar-refractivity contribution is 8.14. The van der Waals surface area contributed by atoms with Gasteiger partial charge in [-0.15, -0.1) is 4.40 Å². The molecule has 1 aliphatic rings. The van der Waals surface area contributed by atoms with E-state index in [2.05, 4.69) is 9.71 Å². The lowest BCUT2D eigenvalue weighted by Crippen LogP contribution is -2.18. The summed E-state index contributed by atoms with van der Waals surface area (Å²) in [6.45, 7) is 0. The fourth-order valence-electron chi connectivity index (χ4n) is 2.07. The number of nitrogens with zero attached hydrogens (tertiary/aromatic N) is 1. The topological polar surface area (TPSA) is 67.8 Å². The Balaban J connectivity index is 1.78. The number of benzene rings is 2. The van der Waals surface area contributed by atoms with Gasteiger partial charge in [-0.2, -0.15) is 8.42 Å². The molecule has 3 rings (SSSR count). The van der Waals surface area contributed by atoms with Crippen molar-refractivity contribution in [3.63, 3.8) is 0 Å². The zero-order valence-electron chi connectivity index (χ0n) is 11.8. The molecule has 0 aliphatic carbocycles. The zero-order chi connectivity index (χ0) is 15.6. The van der Waals surface area contributed by atoms with E-state index in [-0.39, 0.29) is 4.90 Å². The molecule has 0 atom stereocenters. The smallest absolute Gasteiger partial charge is 0.286 e. The summed E-state index contributed by atoms with van der Waals surface area (Å²) in [5, 5.41) is 3.43. The van der Waals surface area contributed by atoms with Crippen molar-refractivity contribution in [2.75, 3.05) is 12.4 Å². The van der Waals surface area contributed by atoms with Crippen molar-refractivity contribution in [2.45, 2.75) is 10.6 Å². The third kappa shape index (κ3) is 3.10. The molecular formula is C15H14N2O3S2. The van der Waals surface area contributed by atoms with Gasteiger partial charge in [0.05, 0.1) is 12.8 Å². The largest absolute Gasteiger partial charge is 0.497 e. The Morgan fingerprint density at radius 3 is 2.82 bits per heavy atom. The van der Waals surface area contributed by atoms with Crippen molar-refractivity contribution in [1.29, 1.82) is 0 Å². The van der Waals surface area contributed by atoms with Gasteiger partial charge in [-0.25, -0.2) is 0 Å². The molecule has 0 radical (unpaired) electrons. The Bertz CT molecular complexity index is 832. The predicted molar refractivity (Wildman–Crippen MR) is 89.0 cm³/mol. The Kier molecular flexibility index (Phi) is 4.08. The first-order chi connectivity index (χ1) is 10.6. The summed E-state index contributed by atoms with van der Waals surface area (Å²) in [6.07, 6.45) is 0. The van der Waals surface area contributed by atoms with Crippen molar-refractivity contribution < 1.29 is 13.2 Å². The molecule has 0 aromatic heterocycles. The second-order valence-electron chi connectivity index (χ2n) is 4.63. The number of fused-ring (bicyclic) bond motifs is 1. The van der Waals surface area contributed by atoms with E-state index in [4.69, 9.17) is 4.74 Å². The van der Waals surface area contributed by atoms with Gasteiger partial charge in [0, 0.05) is 5.75 Å². The lowest BCUT2D eigenvalue weighted by atomic mass is 10.2. The highest BCUT2D eigenvalue weighted by Gasteiger charge is 2.24. The van der Waals surface area contributed by atoms with Crippen LogP contribution in [0.2, 0.25) is 0 Å². The maximum atomic E-state index is 12.1. The maximum absolute atomic E-state index is 12.1. The number of methoxy groups -OCH3 is 1. The number of anilines is 1. The molecular weight excluding hydrogens is 320 g/mol. The lowest BCUT2D eigenvalue weighted by Gasteiger charge is -2.17. The molecule has 2 aromatic carbocycles. The number of sulfonamides is 1. The van der Waals surface area contributed by atoms with Crippen LogP contribution in [0.25, 0.3) is 0 Å². The number of nitrogens with one attached hydrogen (secondary N) is 1. The second-order valence-corrected chi connectivity index (χ2v) is 7.17. The first-order valence-electron chi connectivity index (χ1n) is 6.55. The monoisotopic (exact) mass is 334 g/mol. The third-order valence-corrected chi connectivity index (χ3v) is 5.51. The molecule has 7 heteroatoms. The Hall–Kier alpha value is -1.99. The molecule has 2 aromatic rings. The fourth-order valence-corrected chi connectivity index (χ4v) is 4.25. The number of hydrogen-bond acceptors (Lipinski definition) is 5. The minimum atomic E-state index is -3.63. The number of hydrogen-bond donors (Lipinski definition) is 1. The van der Waals surface area contributed by atoms with Gasteiger partial charge < -0.3 is 10.1 Å². The number of rotatable bonds is 3. The van der Waals surface area contributed by atoms with E-state index in [1.54, 1.807) is 31.4 Å². The van der Waals surface area contributed by atoms with E-state index in [9.17, 15) is 8.42 Å². The van der Waals surface area contributed by atoms with Crippen LogP contribution in [0.1, 0.15) is 5.56 Å². The van der Waals surface area contributed by atoms with E-state index in [1.165, 1.54) is 11.8 Å². The zero-order valence-corrected chi connectivity index (χ0v) is 13.4. The van der Waals surface area contributed by atoms with Gasteiger partial charge >= 0.3 is 0 Å². The van der Waals surface area contributed by atoms with Gasteiger partial charge in [0.2, 0.25) is 0 Å². The molecule has 1 aliphatic heterocycles. The van der Waals surface area contributed by atoms with Crippen molar-refractivity contribution in [3.05, 3.63) is 54.1 Å². The van der Waals surface area contributed by atoms with Gasteiger partial charge in [0.15, 0.2) is 5.17 Å². The molecule has 0 saturated heterocycles. The first-order valence-corrected chi connectivity index (χ1v) is 8.98. The predicted octanol–water partition coefficient (Wildman–Crippen LogP) is 3.10. The van der Waals surface area contributed by atoms with Gasteiger partial charge in [-0.1, -0.05) is 36.0 Å². The van der Waals surface area contributed by atoms with Crippen LogP contribution in [0.15, 0.2) is 57.8 Å². The first kappa shape index (κ1) is 14.9. The molecule has 0 unspecified atom stereocenters. The molecule has 0 saturated carbocycles. The van der Waals surface area contributed by atoms with E-state index in [0.717, 1.165) is 11.3 Å². The van der Waals surface area contributed by atoms with Crippen molar-refractivity contribution >= 4 is 32.6 Å². The molecule has 1 N–H and O–H groups in total. The van der Waals surface area contributed by atoms with E-state index >= 15 is 0 Å². The van der Waals surface area contributed by atoms with E-state index < -0.39 is 10.0 Å². The Labute approximate surface area is 133 Å². The average Bonchev–Trinajstić information content (AvgIpc) is 2.52. The summed E-state index contributed by atoms with van der Waals surface area (Å²) in [4.78, 5) is 0.209. The van der Waals surface area contributed by atoms with Crippen molar-refractivity contribution in [1.82, 2.24) is 0 Å². The summed E-state index contributed by atoms with van der Waals surface area (Å²) in [7, 11) is -2.01. The molecule has 0 bridgehead atoms. The summed E-state index contributed by atoms with van der Waals surface area (Å²) in [5.41, 5.74) is 1.59. The van der Waals surface area contributed by atoms with E-state index in [1.807, 2.05) is 24.3 Å². The standard InChI is InChI=1S/C15H14N2O3S2/c1-20-12-6-4-5-11(9-12)10-21-15-16-13-7-2-3-8-14(13)22(18,19)17-15/h2-9H,10H2,1H3,(H,16,17). The van der Waals surface area contributed by atoms with Gasteiger partial charge in [0.25, 0.3) is 10.0 Å². The molecule has 1 heterocycles. The highest BCUT2D eigenvalue weighted by atomic mass is 32.2. The Morgan fingerprint density at radius 1 is 1.18 bits per heavy atom. The molecule has 0 spiro atoms. The summed E-state index contributed by atoms with van der Waals surface area (Å²) in [6, 6.07) is 14.4. The van der Waals surface area contributed by atoms with Gasteiger partial charge in [-0.05, 0) is 29.8 Å². The normalized spacial score (nSPS) is 15.4. The average molecular weight is 334 g/mol. The van der Waals surface area contributed by atoms with Crippen LogP contribution in [-0.2, 0) is 15.8 Å². The molecule has 5 nitrogen and oxygen atoms in total. The number of thioether (sulfide) groups is 1. The second kappa shape index (κ2) is 6.02. The minimum Gasteiger partial charge on any atom is -0.497 e. The molecule has 0 amide bonds. The van der Waals surface area contributed by atoms with Crippen LogP contribution in [0.3, 0.4) is 0 Å². The molecule has 114 valence electrons. The van der Waals surface area contributed by atoms with Gasteiger partial charge in [0.1, 0.15) is 10.6 Å². The van der Waals surface area contributed by atoms with Crippen molar-refractivity contribution in [2.24, 2.45) is 4.40 Å². The number of ether oxygens (including phenoxy) is 1. The minimum absolute atomic E-state index is 0.209. The van der Waals surface area contributed by atoms with Gasteiger partial charge in [-0.3, -0.25) is 0 Å². The SMILES string of the molecule is COc1cccc(CSC2=NS(=O)(=O)c3ccccc3N2)c1. The summed E-state index contributed by atoms with van der Waals surface area (Å²) >= 11 is 1.34. The van der Waals surface area contributed by atoms with Crippen LogP contribution < -0.4 is 10.1 Å². The highest BCUT2D eigenvalue weighted by Crippen LogP contribution is 2.30. The quantitative estimate of drug-likeness (QED) is 0.934. The number of amidine groups is 1. The van der Waals surface area contributed by atoms with Crippen LogP contribution in [0, 0.1) is 0 Å². The van der Waals surface area contributed by atoms with Crippen LogP contribution in [0.5, 0.6) is 5.75 Å². The van der Waals surface area contributed by atoms with Crippen LogP contribution >= 0.6 is 11.8 Å². The summed E-state index contributed by atoms with van der Waals surface area (Å²) < 4.78 is 33.3. The van der Waals surface area contributed by atoms with Crippen LogP contribution in [-0.4, -0.2) is 20.7 Å². The fraction of sp³-hybridized carbons (Fsp3) is 0.133. The van der Waals surface area contributed by atoms with E-state index in [0.29, 0.717) is 16.6 Å². The van der Waals surface area contributed by atoms with Crippen molar-refractivity contribution in [3.8, 4) is 5.75 Å². The number of para-hydroxylation sites is 1. The molecule has 22 heavy (non-hydrogen) atoms. The lowest BCUT2D eigenvalue weighted by molar-refractivity contribution is 0.414. The summed E-state index contributed by atoms with van der Waals surface area (Å²) in [5.74, 6) is 1.37. The molecule has 0 fully saturated rings. The maximum Gasteiger partial charge on any atom is 0.286 e. The Morgan fingerprint density at radius 2 is 2.00 bits per heavy atom. The van der Waals surface area contributed by atoms with Crippen LogP contribution in [0.4, 0.5) is 5.69 Å².